The number of benzene rings is 2. The van der Waals surface area contributed by atoms with Crippen molar-refractivity contribution in [2.24, 2.45) is 0 Å². The van der Waals surface area contributed by atoms with Crippen molar-refractivity contribution in [2.75, 3.05) is 20.7 Å². The normalized spacial score (nSPS) is 17.8. The van der Waals surface area contributed by atoms with Gasteiger partial charge in [0.25, 0.3) is 0 Å². The molecule has 5 heteroatoms. The van der Waals surface area contributed by atoms with Crippen molar-refractivity contribution in [1.29, 1.82) is 0 Å². The smallest absolute Gasteiger partial charge is 0.320 e. The van der Waals surface area contributed by atoms with Crippen LogP contribution in [0.15, 0.2) is 42.5 Å². The number of methoxy groups -OCH3 is 1. The highest BCUT2D eigenvalue weighted by Gasteiger charge is 2.35. The molecular formula is C18H20N2O3. The molecule has 0 N–H and O–H groups in total. The summed E-state index contributed by atoms with van der Waals surface area (Å²) in [5, 5.41) is 2.35. The number of hydrogen-bond acceptors (Lipinski definition) is 3. The Morgan fingerprint density at radius 3 is 2.70 bits per heavy atom. The molecule has 1 aliphatic rings. The molecule has 1 aliphatic heterocycles. The first-order chi connectivity index (χ1) is 11.1. The lowest BCUT2D eigenvalue weighted by Gasteiger charge is -2.16. The zero-order valence-electron chi connectivity index (χ0n) is 13.4. The maximum atomic E-state index is 12.4. The number of urea groups is 1. The maximum absolute atomic E-state index is 12.4. The van der Waals surface area contributed by atoms with Crippen LogP contribution in [0, 0.1) is 0 Å². The first-order valence-electron chi connectivity index (χ1n) is 7.64. The van der Waals surface area contributed by atoms with Gasteiger partial charge in [0.15, 0.2) is 0 Å². The second-order valence-electron chi connectivity index (χ2n) is 5.89. The summed E-state index contributed by atoms with van der Waals surface area (Å²) in [6.07, 6.45) is 0.229. The molecule has 0 spiro atoms. The van der Waals surface area contributed by atoms with Crippen LogP contribution in [0.2, 0.25) is 0 Å². The number of ether oxygens (including phenoxy) is 1. The standard InChI is InChI=1S/C18H20N2O3/c1-19-16(10-17(21)23-2)12-20(18(19)22)11-13-7-8-14-5-3-4-6-15(14)9-13/h3-9,16H,10-12H2,1-2H3. The minimum atomic E-state index is -0.290. The lowest BCUT2D eigenvalue weighted by Crippen LogP contribution is -2.32. The van der Waals surface area contributed by atoms with Gasteiger partial charge in [-0.2, -0.15) is 0 Å². The van der Waals surface area contributed by atoms with Crippen molar-refractivity contribution in [2.45, 2.75) is 19.0 Å². The van der Waals surface area contributed by atoms with E-state index in [1.807, 2.05) is 18.2 Å². The van der Waals surface area contributed by atoms with E-state index in [9.17, 15) is 9.59 Å². The SMILES string of the molecule is COC(=O)CC1CN(Cc2ccc3ccccc3c2)C(=O)N1C. The summed E-state index contributed by atoms with van der Waals surface area (Å²) in [7, 11) is 3.10. The van der Waals surface area contributed by atoms with Gasteiger partial charge in [0.1, 0.15) is 0 Å². The molecule has 0 radical (unpaired) electrons. The largest absolute Gasteiger partial charge is 0.469 e. The van der Waals surface area contributed by atoms with Gasteiger partial charge in [-0.1, -0.05) is 36.4 Å². The maximum Gasteiger partial charge on any atom is 0.320 e. The number of fused-ring (bicyclic) bond motifs is 1. The third-order valence-electron chi connectivity index (χ3n) is 4.37. The highest BCUT2D eigenvalue weighted by molar-refractivity contribution is 5.83. The highest BCUT2D eigenvalue weighted by Crippen LogP contribution is 2.22. The second kappa shape index (κ2) is 6.28. The molecule has 1 saturated heterocycles. The number of rotatable bonds is 4. The van der Waals surface area contributed by atoms with Crippen molar-refractivity contribution in [3.63, 3.8) is 0 Å². The first-order valence-corrected chi connectivity index (χ1v) is 7.64. The van der Waals surface area contributed by atoms with E-state index in [1.165, 1.54) is 12.5 Å². The fourth-order valence-corrected chi connectivity index (χ4v) is 3.00. The van der Waals surface area contributed by atoms with Crippen LogP contribution >= 0.6 is 0 Å². The third kappa shape index (κ3) is 3.13. The highest BCUT2D eigenvalue weighted by atomic mass is 16.5. The predicted octanol–water partition coefficient (Wildman–Crippen LogP) is 2.64. The number of esters is 1. The van der Waals surface area contributed by atoms with Gasteiger partial charge in [-0.25, -0.2) is 4.79 Å². The first kappa shape index (κ1) is 15.3. The Labute approximate surface area is 135 Å². The van der Waals surface area contributed by atoms with Crippen LogP contribution in [0.4, 0.5) is 4.79 Å². The molecule has 0 saturated carbocycles. The average Bonchev–Trinajstić information content (AvgIpc) is 2.82. The Morgan fingerprint density at radius 1 is 1.22 bits per heavy atom. The van der Waals surface area contributed by atoms with Crippen LogP contribution in [-0.2, 0) is 16.1 Å². The van der Waals surface area contributed by atoms with E-state index in [-0.39, 0.29) is 24.5 Å². The molecule has 0 bridgehead atoms. The Kier molecular flexibility index (Phi) is 4.19. The van der Waals surface area contributed by atoms with Gasteiger partial charge in [-0.15, -0.1) is 0 Å². The van der Waals surface area contributed by atoms with Gasteiger partial charge in [-0.3, -0.25) is 4.79 Å². The van der Waals surface area contributed by atoms with Crippen molar-refractivity contribution < 1.29 is 14.3 Å². The molecule has 0 aliphatic carbocycles. The average molecular weight is 312 g/mol. The van der Waals surface area contributed by atoms with E-state index in [0.29, 0.717) is 13.1 Å². The van der Waals surface area contributed by atoms with E-state index >= 15 is 0 Å². The minimum absolute atomic E-state index is 0.0490. The fourth-order valence-electron chi connectivity index (χ4n) is 3.00. The molecule has 3 rings (SSSR count). The van der Waals surface area contributed by atoms with Crippen LogP contribution < -0.4 is 0 Å². The summed E-state index contributed by atoms with van der Waals surface area (Å²) in [6, 6.07) is 14.2. The summed E-state index contributed by atoms with van der Waals surface area (Å²) < 4.78 is 4.70. The molecule has 5 nitrogen and oxygen atoms in total. The lowest BCUT2D eigenvalue weighted by molar-refractivity contribution is -0.141. The summed E-state index contributed by atoms with van der Waals surface area (Å²) in [5.74, 6) is -0.290. The lowest BCUT2D eigenvalue weighted by atomic mass is 10.1. The number of amides is 2. The Balaban J connectivity index is 1.73. The minimum Gasteiger partial charge on any atom is -0.469 e. The van der Waals surface area contributed by atoms with Crippen molar-refractivity contribution in [1.82, 2.24) is 9.80 Å². The summed E-state index contributed by atoms with van der Waals surface area (Å²) in [6.45, 7) is 1.09. The Bertz CT molecular complexity index is 744. The number of nitrogens with zero attached hydrogens (tertiary/aromatic N) is 2. The topological polar surface area (TPSA) is 49.9 Å². The summed E-state index contributed by atoms with van der Waals surface area (Å²) in [4.78, 5) is 27.2. The van der Waals surface area contributed by atoms with Gasteiger partial charge >= 0.3 is 12.0 Å². The van der Waals surface area contributed by atoms with Gasteiger partial charge < -0.3 is 14.5 Å². The fraction of sp³-hybridized carbons (Fsp3) is 0.333. The molecule has 1 fully saturated rings. The molecule has 23 heavy (non-hydrogen) atoms. The third-order valence-corrected chi connectivity index (χ3v) is 4.37. The number of carbonyl (C=O) groups is 2. The monoisotopic (exact) mass is 312 g/mol. The predicted molar refractivity (Wildman–Crippen MR) is 87.9 cm³/mol. The van der Waals surface area contributed by atoms with Crippen molar-refractivity contribution >= 4 is 22.8 Å². The zero-order chi connectivity index (χ0) is 16.4. The number of carbonyl (C=O) groups excluding carboxylic acids is 2. The van der Waals surface area contributed by atoms with Gasteiger partial charge in [0, 0.05) is 20.1 Å². The molecule has 0 aromatic heterocycles. The molecule has 1 unspecified atom stereocenters. The quantitative estimate of drug-likeness (QED) is 0.816. The van der Waals surface area contributed by atoms with Crippen molar-refractivity contribution in [3.05, 3.63) is 48.0 Å². The van der Waals surface area contributed by atoms with E-state index in [1.54, 1.807) is 16.8 Å². The molecule has 1 heterocycles. The summed E-state index contributed by atoms with van der Waals surface area (Å²) >= 11 is 0. The Morgan fingerprint density at radius 2 is 1.96 bits per heavy atom. The van der Waals surface area contributed by atoms with Gasteiger partial charge in [0.05, 0.1) is 19.6 Å². The van der Waals surface area contributed by atoms with Crippen LogP contribution in [0.1, 0.15) is 12.0 Å². The molecule has 1 atom stereocenters. The van der Waals surface area contributed by atoms with Crippen LogP contribution in [0.25, 0.3) is 10.8 Å². The van der Waals surface area contributed by atoms with E-state index in [4.69, 9.17) is 4.74 Å². The molecule has 120 valence electrons. The van der Waals surface area contributed by atoms with E-state index < -0.39 is 0 Å². The van der Waals surface area contributed by atoms with E-state index in [2.05, 4.69) is 24.3 Å². The number of hydrogen-bond donors (Lipinski definition) is 0. The number of likely N-dealkylation sites (N-methyl/N-ethyl adjacent to an activating group) is 1. The molecular weight excluding hydrogens is 292 g/mol. The molecule has 2 aromatic rings. The van der Waals surface area contributed by atoms with Crippen LogP contribution in [0.5, 0.6) is 0 Å². The molecule has 2 aromatic carbocycles. The zero-order valence-corrected chi connectivity index (χ0v) is 13.4. The Hall–Kier alpha value is -2.56. The van der Waals surface area contributed by atoms with E-state index in [0.717, 1.165) is 10.9 Å². The van der Waals surface area contributed by atoms with Crippen LogP contribution in [0.3, 0.4) is 0 Å². The van der Waals surface area contributed by atoms with Gasteiger partial charge in [0.2, 0.25) is 0 Å². The van der Waals surface area contributed by atoms with Gasteiger partial charge in [-0.05, 0) is 22.4 Å². The molecule has 2 amide bonds. The van der Waals surface area contributed by atoms with Crippen LogP contribution in [-0.4, -0.2) is 48.5 Å². The van der Waals surface area contributed by atoms with Crippen molar-refractivity contribution in [3.8, 4) is 0 Å². The second-order valence-corrected chi connectivity index (χ2v) is 5.89. The summed E-state index contributed by atoms with van der Waals surface area (Å²) in [5.41, 5.74) is 1.09.